The molecule has 0 spiro atoms. The molecular formula is C23H22IN5OS. The van der Waals surface area contributed by atoms with Crippen LogP contribution < -0.4 is 21.7 Å². The van der Waals surface area contributed by atoms with Gasteiger partial charge in [0, 0.05) is 27.1 Å². The molecule has 6 nitrogen and oxygen atoms in total. The number of rotatable bonds is 7. The van der Waals surface area contributed by atoms with Crippen LogP contribution >= 0.6 is 34.8 Å². The Hall–Kier alpha value is -2.98. The zero-order valence-electron chi connectivity index (χ0n) is 16.6. The van der Waals surface area contributed by atoms with Gasteiger partial charge in [0.15, 0.2) is 5.11 Å². The molecule has 158 valence electrons. The van der Waals surface area contributed by atoms with E-state index in [1.54, 1.807) is 12.1 Å². The van der Waals surface area contributed by atoms with Crippen LogP contribution in [0.5, 0.6) is 0 Å². The Balaban J connectivity index is 1.51. The van der Waals surface area contributed by atoms with Crippen LogP contribution in [-0.2, 0) is 17.8 Å². The minimum Gasteiger partial charge on any atom is -0.384 e. The van der Waals surface area contributed by atoms with Crippen molar-refractivity contribution in [2.24, 2.45) is 5.73 Å². The molecule has 0 aliphatic rings. The van der Waals surface area contributed by atoms with Gasteiger partial charge in [-0.3, -0.25) is 10.2 Å². The van der Waals surface area contributed by atoms with Crippen molar-refractivity contribution in [1.29, 1.82) is 5.41 Å². The number of nitrogen functional groups attached to an aromatic ring is 1. The Morgan fingerprint density at radius 3 is 2.23 bits per heavy atom. The lowest BCUT2D eigenvalue weighted by Crippen LogP contribution is -2.24. The molecule has 0 radical (unpaired) electrons. The second-order valence-corrected chi connectivity index (χ2v) is 8.51. The first-order valence-electron chi connectivity index (χ1n) is 9.51. The van der Waals surface area contributed by atoms with Gasteiger partial charge in [-0.25, -0.2) is 0 Å². The molecule has 0 fully saturated rings. The van der Waals surface area contributed by atoms with E-state index < -0.39 is 0 Å². The van der Waals surface area contributed by atoms with Gasteiger partial charge < -0.3 is 21.7 Å². The molecule has 3 rings (SSSR count). The van der Waals surface area contributed by atoms with E-state index in [1.165, 1.54) is 0 Å². The molecule has 0 atom stereocenters. The predicted molar refractivity (Wildman–Crippen MR) is 138 cm³/mol. The Bertz CT molecular complexity index is 1100. The van der Waals surface area contributed by atoms with Gasteiger partial charge in [0.25, 0.3) is 0 Å². The van der Waals surface area contributed by atoms with Crippen LogP contribution in [0.1, 0.15) is 16.7 Å². The zero-order chi connectivity index (χ0) is 22.2. The summed E-state index contributed by atoms with van der Waals surface area (Å²) in [7, 11) is 0. The molecule has 0 saturated carbocycles. The molecule has 3 aromatic rings. The lowest BCUT2D eigenvalue weighted by Gasteiger charge is -2.12. The monoisotopic (exact) mass is 543 g/mol. The van der Waals surface area contributed by atoms with Gasteiger partial charge in [-0.05, 0) is 76.3 Å². The standard InChI is InChI=1S/C23H22IN5OS/c24-18-4-2-6-20(13-18)29-23(31)28-19-5-1-3-16(11-19)12-21(30)27-14-15-7-9-17(10-8-15)22(25)26/h1-11,13H,12,14H2,(H3,25,26)(H,27,30)(H2,28,29,31). The summed E-state index contributed by atoms with van der Waals surface area (Å²) in [6, 6.07) is 22.8. The average Bonchev–Trinajstić information content (AvgIpc) is 2.72. The smallest absolute Gasteiger partial charge is 0.224 e. The minimum atomic E-state index is -0.0765. The largest absolute Gasteiger partial charge is 0.384 e. The topological polar surface area (TPSA) is 103 Å². The number of thiocarbonyl (C=S) groups is 1. The van der Waals surface area contributed by atoms with Gasteiger partial charge in [0.2, 0.25) is 5.91 Å². The number of hydrogen-bond acceptors (Lipinski definition) is 3. The van der Waals surface area contributed by atoms with E-state index in [4.69, 9.17) is 23.4 Å². The summed E-state index contributed by atoms with van der Waals surface area (Å²) in [5, 5.41) is 17.1. The molecule has 0 heterocycles. The molecule has 6 N–H and O–H groups in total. The Morgan fingerprint density at radius 1 is 0.935 bits per heavy atom. The minimum absolute atomic E-state index is 0.0253. The quantitative estimate of drug-likeness (QED) is 0.133. The van der Waals surface area contributed by atoms with Crippen molar-refractivity contribution in [2.45, 2.75) is 13.0 Å². The van der Waals surface area contributed by atoms with Crippen molar-refractivity contribution in [3.8, 4) is 0 Å². The van der Waals surface area contributed by atoms with Crippen LogP contribution in [0.25, 0.3) is 0 Å². The maximum atomic E-state index is 12.3. The summed E-state index contributed by atoms with van der Waals surface area (Å²) in [4.78, 5) is 12.3. The molecule has 0 aliphatic heterocycles. The van der Waals surface area contributed by atoms with Crippen LogP contribution in [0.3, 0.4) is 0 Å². The first kappa shape index (κ1) is 22.7. The molecule has 0 aromatic heterocycles. The highest BCUT2D eigenvalue weighted by Gasteiger charge is 2.06. The van der Waals surface area contributed by atoms with Gasteiger partial charge >= 0.3 is 0 Å². The molecule has 0 unspecified atom stereocenters. The Morgan fingerprint density at radius 2 is 1.58 bits per heavy atom. The summed E-state index contributed by atoms with van der Waals surface area (Å²) in [5.41, 5.74) is 9.67. The van der Waals surface area contributed by atoms with Gasteiger partial charge in [-0.15, -0.1) is 0 Å². The highest BCUT2D eigenvalue weighted by Crippen LogP contribution is 2.15. The summed E-state index contributed by atoms with van der Waals surface area (Å²) < 4.78 is 1.12. The second-order valence-electron chi connectivity index (χ2n) is 6.85. The summed E-state index contributed by atoms with van der Waals surface area (Å²) in [6.07, 6.45) is 0.262. The predicted octanol–water partition coefficient (Wildman–Crippen LogP) is 4.24. The first-order valence-corrected chi connectivity index (χ1v) is 11.0. The van der Waals surface area contributed by atoms with E-state index in [0.717, 1.165) is 26.1 Å². The van der Waals surface area contributed by atoms with Crippen LogP contribution in [-0.4, -0.2) is 16.9 Å². The normalized spacial score (nSPS) is 10.2. The van der Waals surface area contributed by atoms with Crippen molar-refractivity contribution in [3.63, 3.8) is 0 Å². The van der Waals surface area contributed by atoms with Crippen LogP contribution in [0.4, 0.5) is 11.4 Å². The fourth-order valence-electron chi connectivity index (χ4n) is 2.87. The van der Waals surface area contributed by atoms with Gasteiger partial charge in [0.1, 0.15) is 5.84 Å². The van der Waals surface area contributed by atoms with Crippen LogP contribution in [0.15, 0.2) is 72.8 Å². The number of hydrogen-bond donors (Lipinski definition) is 5. The highest BCUT2D eigenvalue weighted by atomic mass is 127. The van der Waals surface area contributed by atoms with Crippen molar-refractivity contribution in [2.75, 3.05) is 10.6 Å². The molecule has 8 heteroatoms. The third kappa shape index (κ3) is 7.34. The average molecular weight is 543 g/mol. The Kier molecular flexibility index (Phi) is 7.96. The third-order valence-electron chi connectivity index (χ3n) is 4.39. The Labute approximate surface area is 200 Å². The van der Waals surface area contributed by atoms with E-state index in [-0.39, 0.29) is 18.2 Å². The fourth-order valence-corrected chi connectivity index (χ4v) is 3.65. The van der Waals surface area contributed by atoms with Crippen molar-refractivity contribution in [3.05, 3.63) is 93.1 Å². The van der Waals surface area contributed by atoms with Crippen molar-refractivity contribution < 1.29 is 4.79 Å². The lowest BCUT2D eigenvalue weighted by atomic mass is 10.1. The molecule has 0 aliphatic carbocycles. The van der Waals surface area contributed by atoms with Gasteiger partial charge in [-0.1, -0.05) is 42.5 Å². The fraction of sp³-hybridized carbons (Fsp3) is 0.0870. The van der Waals surface area contributed by atoms with E-state index in [1.807, 2.05) is 60.7 Å². The third-order valence-corrected chi connectivity index (χ3v) is 5.26. The van der Waals surface area contributed by atoms with E-state index in [0.29, 0.717) is 17.2 Å². The van der Waals surface area contributed by atoms with Gasteiger partial charge in [-0.2, -0.15) is 0 Å². The number of carbonyl (C=O) groups is 1. The summed E-state index contributed by atoms with van der Waals surface area (Å²) in [5.74, 6) is -0.0513. The maximum absolute atomic E-state index is 12.3. The number of nitrogens with two attached hydrogens (primary N) is 1. The molecule has 31 heavy (non-hydrogen) atoms. The van der Waals surface area contributed by atoms with Crippen LogP contribution in [0, 0.1) is 8.98 Å². The number of halogens is 1. The molecule has 1 amide bonds. The van der Waals surface area contributed by atoms with Gasteiger partial charge in [0.05, 0.1) is 6.42 Å². The van der Waals surface area contributed by atoms with Crippen molar-refractivity contribution in [1.82, 2.24) is 5.32 Å². The SMILES string of the molecule is N=C(N)c1ccc(CNC(=O)Cc2cccc(NC(=S)Nc3cccc(I)c3)c2)cc1. The summed E-state index contributed by atoms with van der Waals surface area (Å²) in [6.45, 7) is 0.416. The molecular weight excluding hydrogens is 521 g/mol. The number of benzene rings is 3. The molecule has 3 aromatic carbocycles. The lowest BCUT2D eigenvalue weighted by molar-refractivity contribution is -0.120. The number of amidine groups is 1. The second kappa shape index (κ2) is 10.9. The van der Waals surface area contributed by atoms with E-state index in [9.17, 15) is 4.79 Å². The molecule has 0 saturated heterocycles. The van der Waals surface area contributed by atoms with E-state index >= 15 is 0 Å². The van der Waals surface area contributed by atoms with Crippen LogP contribution in [0.2, 0.25) is 0 Å². The number of amides is 1. The maximum Gasteiger partial charge on any atom is 0.224 e. The number of nitrogens with one attached hydrogen (secondary N) is 4. The first-order chi connectivity index (χ1) is 14.9. The zero-order valence-corrected chi connectivity index (χ0v) is 19.6. The molecule has 0 bridgehead atoms. The number of anilines is 2. The highest BCUT2D eigenvalue weighted by molar-refractivity contribution is 14.1. The summed E-state index contributed by atoms with van der Waals surface area (Å²) >= 11 is 7.64. The van der Waals surface area contributed by atoms with E-state index in [2.05, 4.69) is 38.5 Å². The van der Waals surface area contributed by atoms with Crippen molar-refractivity contribution >= 4 is 63.0 Å². The number of carbonyl (C=O) groups excluding carboxylic acids is 1.